The number of anilines is 2. The molecule has 0 bridgehead atoms. The maximum Gasteiger partial charge on any atom is 0.162 e. The molecule has 1 heterocycles. The lowest BCUT2D eigenvalue weighted by Crippen LogP contribution is -2.36. The second kappa shape index (κ2) is 11.1. The number of hydrogen-bond donors (Lipinski definition) is 1. The first-order valence-corrected chi connectivity index (χ1v) is 11.8. The second-order valence-corrected chi connectivity index (χ2v) is 8.88. The molecular formula is C25H25BrClFN2O3. The quantitative estimate of drug-likeness (QED) is 0.368. The fourth-order valence-corrected chi connectivity index (χ4v) is 4.27. The van der Waals surface area contributed by atoms with Gasteiger partial charge in [-0.25, -0.2) is 4.39 Å². The van der Waals surface area contributed by atoms with E-state index < -0.39 is 0 Å². The second-order valence-electron chi connectivity index (χ2n) is 7.62. The molecule has 4 rings (SSSR count). The maximum absolute atomic E-state index is 13.3. The van der Waals surface area contributed by atoms with E-state index in [0.717, 1.165) is 42.0 Å². The molecule has 1 N–H and O–H groups in total. The van der Waals surface area contributed by atoms with Crippen molar-refractivity contribution >= 4 is 38.9 Å². The number of hydrogen-bond acceptors (Lipinski definition) is 5. The van der Waals surface area contributed by atoms with Crippen LogP contribution in [0.1, 0.15) is 11.1 Å². The van der Waals surface area contributed by atoms with Gasteiger partial charge in [-0.2, -0.15) is 0 Å². The molecule has 0 unspecified atom stereocenters. The first kappa shape index (κ1) is 23.7. The molecule has 0 atom stereocenters. The molecule has 3 aromatic carbocycles. The van der Waals surface area contributed by atoms with Crippen LogP contribution < -0.4 is 19.7 Å². The lowest BCUT2D eigenvalue weighted by atomic mass is 10.2. The molecule has 0 radical (unpaired) electrons. The van der Waals surface area contributed by atoms with Crippen LogP contribution in [-0.4, -0.2) is 33.4 Å². The molecule has 33 heavy (non-hydrogen) atoms. The summed E-state index contributed by atoms with van der Waals surface area (Å²) in [6, 6.07) is 16.5. The van der Waals surface area contributed by atoms with Gasteiger partial charge in [0.25, 0.3) is 0 Å². The third-order valence-electron chi connectivity index (χ3n) is 5.46. The monoisotopic (exact) mass is 534 g/mol. The third-order valence-corrected chi connectivity index (χ3v) is 6.55. The molecule has 5 nitrogen and oxygen atoms in total. The molecule has 1 aliphatic heterocycles. The molecule has 0 amide bonds. The fourth-order valence-electron chi connectivity index (χ4n) is 3.59. The van der Waals surface area contributed by atoms with Crippen LogP contribution in [0.4, 0.5) is 15.8 Å². The summed E-state index contributed by atoms with van der Waals surface area (Å²) in [7, 11) is 1.60. The highest BCUT2D eigenvalue weighted by Crippen LogP contribution is 2.35. The number of nitrogens with zero attached hydrogens (tertiary/aromatic N) is 1. The van der Waals surface area contributed by atoms with Crippen LogP contribution in [-0.2, 0) is 17.9 Å². The van der Waals surface area contributed by atoms with E-state index in [9.17, 15) is 4.39 Å². The third kappa shape index (κ3) is 6.10. The van der Waals surface area contributed by atoms with E-state index in [-0.39, 0.29) is 12.4 Å². The van der Waals surface area contributed by atoms with Gasteiger partial charge in [0, 0.05) is 41.0 Å². The van der Waals surface area contributed by atoms with Gasteiger partial charge in [0.2, 0.25) is 0 Å². The van der Waals surface area contributed by atoms with Crippen molar-refractivity contribution in [2.45, 2.75) is 13.2 Å². The molecular weight excluding hydrogens is 511 g/mol. The SMILES string of the molecule is COc1cc(CNc2ccc(N3CCOCC3)cc2)c(Br)cc1OCc1ccc(F)cc1Cl. The van der Waals surface area contributed by atoms with Crippen LogP contribution in [0.3, 0.4) is 0 Å². The Morgan fingerprint density at radius 2 is 1.79 bits per heavy atom. The molecule has 3 aromatic rings. The summed E-state index contributed by atoms with van der Waals surface area (Å²) < 4.78 is 31.0. The molecule has 1 aliphatic rings. The molecule has 1 fully saturated rings. The van der Waals surface area contributed by atoms with E-state index in [2.05, 4.69) is 50.4 Å². The van der Waals surface area contributed by atoms with E-state index in [1.807, 2.05) is 12.1 Å². The maximum atomic E-state index is 13.3. The van der Waals surface area contributed by atoms with Gasteiger partial charge in [0.15, 0.2) is 11.5 Å². The number of benzene rings is 3. The Balaban J connectivity index is 1.40. The number of halogens is 3. The van der Waals surface area contributed by atoms with Crippen molar-refractivity contribution in [2.24, 2.45) is 0 Å². The minimum Gasteiger partial charge on any atom is -0.493 e. The van der Waals surface area contributed by atoms with Gasteiger partial charge < -0.3 is 24.4 Å². The van der Waals surface area contributed by atoms with E-state index in [0.29, 0.717) is 28.6 Å². The summed E-state index contributed by atoms with van der Waals surface area (Å²) in [6.45, 7) is 4.19. The summed E-state index contributed by atoms with van der Waals surface area (Å²) in [5.41, 5.74) is 3.96. The van der Waals surface area contributed by atoms with Gasteiger partial charge in [0.05, 0.1) is 25.3 Å². The number of methoxy groups -OCH3 is 1. The Kier molecular flexibility index (Phi) is 7.96. The lowest BCUT2D eigenvalue weighted by molar-refractivity contribution is 0.122. The summed E-state index contributed by atoms with van der Waals surface area (Å²) in [4.78, 5) is 2.33. The van der Waals surface area contributed by atoms with Crippen molar-refractivity contribution in [1.29, 1.82) is 0 Å². The number of ether oxygens (including phenoxy) is 3. The molecule has 1 saturated heterocycles. The van der Waals surface area contributed by atoms with E-state index in [1.54, 1.807) is 13.2 Å². The van der Waals surface area contributed by atoms with Crippen LogP contribution in [0.5, 0.6) is 11.5 Å². The van der Waals surface area contributed by atoms with Crippen molar-refractivity contribution in [2.75, 3.05) is 43.6 Å². The van der Waals surface area contributed by atoms with Gasteiger partial charge in [-0.3, -0.25) is 0 Å². The summed E-state index contributed by atoms with van der Waals surface area (Å²) in [5, 5.41) is 3.78. The molecule has 0 spiro atoms. The van der Waals surface area contributed by atoms with E-state index >= 15 is 0 Å². The van der Waals surface area contributed by atoms with Crippen molar-refractivity contribution in [3.05, 3.63) is 81.0 Å². The molecule has 174 valence electrons. The number of rotatable bonds is 8. The first-order valence-electron chi connectivity index (χ1n) is 10.6. The number of nitrogens with one attached hydrogen (secondary N) is 1. The summed E-state index contributed by atoms with van der Waals surface area (Å²) >= 11 is 9.73. The fraction of sp³-hybridized carbons (Fsp3) is 0.280. The van der Waals surface area contributed by atoms with Crippen LogP contribution in [0.15, 0.2) is 59.1 Å². The van der Waals surface area contributed by atoms with E-state index in [4.69, 9.17) is 25.8 Å². The average Bonchev–Trinajstić information content (AvgIpc) is 2.84. The van der Waals surface area contributed by atoms with E-state index in [1.165, 1.54) is 17.8 Å². The lowest BCUT2D eigenvalue weighted by Gasteiger charge is -2.29. The predicted molar refractivity (Wildman–Crippen MR) is 133 cm³/mol. The van der Waals surface area contributed by atoms with Crippen LogP contribution in [0.2, 0.25) is 5.02 Å². The molecule has 8 heteroatoms. The molecule has 0 saturated carbocycles. The largest absolute Gasteiger partial charge is 0.493 e. The van der Waals surface area contributed by atoms with Crippen molar-refractivity contribution in [3.63, 3.8) is 0 Å². The Labute approximate surface area is 206 Å². The zero-order chi connectivity index (χ0) is 23.2. The summed E-state index contributed by atoms with van der Waals surface area (Å²) in [5.74, 6) is 0.802. The molecule has 0 aromatic heterocycles. The highest BCUT2D eigenvalue weighted by molar-refractivity contribution is 9.10. The van der Waals surface area contributed by atoms with Gasteiger partial charge in [0.1, 0.15) is 12.4 Å². The standard InChI is InChI=1S/C25H25BrClFN2O3/c1-31-24-12-18(15-29-20-4-6-21(7-5-20)30-8-10-32-11-9-30)22(26)14-25(24)33-16-17-2-3-19(28)13-23(17)27/h2-7,12-14,29H,8-11,15-16H2,1H3. The Morgan fingerprint density at radius 1 is 1.03 bits per heavy atom. The van der Waals surface area contributed by atoms with Gasteiger partial charge in [-0.05, 0) is 54.1 Å². The first-order chi connectivity index (χ1) is 16.0. The molecule has 0 aliphatic carbocycles. The van der Waals surface area contributed by atoms with Crippen molar-refractivity contribution < 1.29 is 18.6 Å². The average molecular weight is 536 g/mol. The van der Waals surface area contributed by atoms with Gasteiger partial charge in [-0.1, -0.05) is 33.6 Å². The van der Waals surface area contributed by atoms with Gasteiger partial charge >= 0.3 is 0 Å². The predicted octanol–water partition coefficient (Wildman–Crippen LogP) is 6.28. The Morgan fingerprint density at radius 3 is 2.48 bits per heavy atom. The normalized spacial score (nSPS) is 13.6. The minimum absolute atomic E-state index is 0.203. The van der Waals surface area contributed by atoms with Crippen LogP contribution in [0, 0.1) is 5.82 Å². The smallest absolute Gasteiger partial charge is 0.162 e. The van der Waals surface area contributed by atoms with Crippen LogP contribution >= 0.6 is 27.5 Å². The number of morpholine rings is 1. The zero-order valence-electron chi connectivity index (χ0n) is 18.2. The Hall–Kier alpha value is -2.48. The Bertz CT molecular complexity index is 1090. The van der Waals surface area contributed by atoms with Crippen molar-refractivity contribution in [1.82, 2.24) is 0 Å². The van der Waals surface area contributed by atoms with Crippen molar-refractivity contribution in [3.8, 4) is 11.5 Å². The highest BCUT2D eigenvalue weighted by Gasteiger charge is 2.13. The highest BCUT2D eigenvalue weighted by atomic mass is 79.9. The summed E-state index contributed by atoms with van der Waals surface area (Å²) in [6.07, 6.45) is 0. The minimum atomic E-state index is -0.378. The zero-order valence-corrected chi connectivity index (χ0v) is 20.6. The topological polar surface area (TPSA) is 43.0 Å². The van der Waals surface area contributed by atoms with Crippen LogP contribution in [0.25, 0.3) is 0 Å². The van der Waals surface area contributed by atoms with Gasteiger partial charge in [-0.15, -0.1) is 0 Å².